The Bertz CT molecular complexity index is 923. The summed E-state index contributed by atoms with van der Waals surface area (Å²) in [5.41, 5.74) is 0.899. The molecule has 1 aromatic heterocycles. The van der Waals surface area contributed by atoms with Crippen LogP contribution >= 0.6 is 12.2 Å². The fourth-order valence-electron chi connectivity index (χ4n) is 4.01. The summed E-state index contributed by atoms with van der Waals surface area (Å²) < 4.78 is 39.9. The van der Waals surface area contributed by atoms with Gasteiger partial charge in [0.25, 0.3) is 5.56 Å². The maximum absolute atomic E-state index is 12.7. The van der Waals surface area contributed by atoms with Crippen molar-refractivity contribution in [3.05, 3.63) is 64.1 Å². The molecule has 0 radical (unpaired) electrons. The lowest BCUT2D eigenvalue weighted by Gasteiger charge is -2.43. The van der Waals surface area contributed by atoms with Crippen molar-refractivity contribution in [3.8, 4) is 0 Å². The SMILES string of the molecule is O=c1cccc2n1C[C@H]1C[C@@H]2CN(C(=S)Nc2ccc(C(F)(F)F)cc2)C1. The average molecular weight is 393 g/mol. The molecule has 0 aliphatic carbocycles. The van der Waals surface area contributed by atoms with Gasteiger partial charge in [0.05, 0.1) is 5.56 Å². The lowest BCUT2D eigenvalue weighted by atomic mass is 9.83. The predicted octanol–water partition coefficient (Wildman–Crippen LogP) is 3.68. The van der Waals surface area contributed by atoms with Crippen molar-refractivity contribution in [3.63, 3.8) is 0 Å². The van der Waals surface area contributed by atoms with Gasteiger partial charge in [0.1, 0.15) is 0 Å². The van der Waals surface area contributed by atoms with Crippen molar-refractivity contribution >= 4 is 23.0 Å². The molecule has 1 N–H and O–H groups in total. The molecule has 2 bridgehead atoms. The molecule has 2 aliphatic heterocycles. The first-order valence-corrected chi connectivity index (χ1v) is 9.15. The molecule has 2 atom stereocenters. The van der Waals surface area contributed by atoms with E-state index in [0.29, 0.717) is 29.8 Å². The number of nitrogens with zero attached hydrogens (tertiary/aromatic N) is 2. The first-order valence-electron chi connectivity index (χ1n) is 8.74. The van der Waals surface area contributed by atoms with Crippen molar-refractivity contribution in [2.45, 2.75) is 25.1 Å². The maximum Gasteiger partial charge on any atom is 0.416 e. The molecule has 1 fully saturated rings. The van der Waals surface area contributed by atoms with Gasteiger partial charge in [0.15, 0.2) is 5.11 Å². The van der Waals surface area contributed by atoms with Gasteiger partial charge in [0, 0.05) is 43.0 Å². The number of fused-ring (bicyclic) bond motifs is 4. The summed E-state index contributed by atoms with van der Waals surface area (Å²) in [6.07, 6.45) is -3.34. The minimum atomic E-state index is -4.35. The normalized spacial score (nSPS) is 21.5. The van der Waals surface area contributed by atoms with Crippen LogP contribution < -0.4 is 10.9 Å². The Balaban J connectivity index is 1.47. The van der Waals surface area contributed by atoms with E-state index < -0.39 is 11.7 Å². The number of pyridine rings is 1. The largest absolute Gasteiger partial charge is 0.416 e. The van der Waals surface area contributed by atoms with Gasteiger partial charge in [-0.2, -0.15) is 13.2 Å². The number of anilines is 1. The van der Waals surface area contributed by atoms with E-state index in [9.17, 15) is 18.0 Å². The second kappa shape index (κ2) is 6.67. The zero-order chi connectivity index (χ0) is 19.2. The molecule has 1 aromatic carbocycles. The summed E-state index contributed by atoms with van der Waals surface area (Å²) >= 11 is 5.49. The van der Waals surface area contributed by atoms with Crippen molar-refractivity contribution in [1.29, 1.82) is 0 Å². The van der Waals surface area contributed by atoms with E-state index >= 15 is 0 Å². The summed E-state index contributed by atoms with van der Waals surface area (Å²) in [4.78, 5) is 14.1. The number of aromatic nitrogens is 1. The van der Waals surface area contributed by atoms with Gasteiger partial charge in [-0.3, -0.25) is 4.79 Å². The number of rotatable bonds is 1. The van der Waals surface area contributed by atoms with Crippen molar-refractivity contribution in [2.24, 2.45) is 5.92 Å². The van der Waals surface area contributed by atoms with Crippen LogP contribution in [0, 0.1) is 5.92 Å². The van der Waals surface area contributed by atoms with Gasteiger partial charge in [-0.1, -0.05) is 6.07 Å². The average Bonchev–Trinajstić information content (AvgIpc) is 2.62. The fourth-order valence-corrected chi connectivity index (χ4v) is 4.27. The van der Waals surface area contributed by atoms with E-state index in [1.54, 1.807) is 12.1 Å². The fraction of sp³-hybridized carbons (Fsp3) is 0.368. The number of hydrogen-bond acceptors (Lipinski definition) is 2. The van der Waals surface area contributed by atoms with E-state index in [0.717, 1.165) is 30.8 Å². The summed E-state index contributed by atoms with van der Waals surface area (Å²) in [7, 11) is 0. The van der Waals surface area contributed by atoms with Crippen LogP contribution in [-0.4, -0.2) is 27.7 Å². The third-order valence-corrected chi connectivity index (χ3v) is 5.59. The zero-order valence-corrected chi connectivity index (χ0v) is 15.2. The molecule has 2 aromatic rings. The van der Waals surface area contributed by atoms with E-state index in [1.165, 1.54) is 12.1 Å². The smallest absolute Gasteiger partial charge is 0.348 e. The van der Waals surface area contributed by atoms with Crippen LogP contribution in [-0.2, 0) is 12.7 Å². The number of piperidine rings is 1. The highest BCUT2D eigenvalue weighted by molar-refractivity contribution is 7.80. The van der Waals surface area contributed by atoms with Crippen LogP contribution in [0.4, 0.5) is 18.9 Å². The molecular weight excluding hydrogens is 375 g/mol. The monoisotopic (exact) mass is 393 g/mol. The predicted molar refractivity (Wildman–Crippen MR) is 101 cm³/mol. The molecular formula is C19H18F3N3OS. The number of alkyl halides is 3. The standard InChI is InChI=1S/C19H18F3N3OS/c20-19(21,22)14-4-6-15(7-5-14)23-18(27)24-9-12-8-13(11-24)16-2-1-3-17(26)25(16)10-12/h1-7,12-13H,8-11H2,(H,23,27)/t12-,13+/m0/s1. The molecule has 0 spiro atoms. The van der Waals surface area contributed by atoms with Gasteiger partial charge < -0.3 is 14.8 Å². The highest BCUT2D eigenvalue weighted by Gasteiger charge is 2.35. The molecule has 3 heterocycles. The summed E-state index contributed by atoms with van der Waals surface area (Å²) in [6.45, 7) is 2.08. The Labute approximate surface area is 159 Å². The van der Waals surface area contributed by atoms with Crippen LogP contribution in [0.1, 0.15) is 23.6 Å². The lowest BCUT2D eigenvalue weighted by Crippen LogP contribution is -2.50. The quantitative estimate of drug-likeness (QED) is 0.750. The van der Waals surface area contributed by atoms with E-state index in [-0.39, 0.29) is 11.5 Å². The number of benzene rings is 1. The van der Waals surface area contributed by atoms with Gasteiger partial charge in [0.2, 0.25) is 0 Å². The van der Waals surface area contributed by atoms with E-state index in [2.05, 4.69) is 5.32 Å². The zero-order valence-electron chi connectivity index (χ0n) is 14.4. The Kier molecular flexibility index (Phi) is 4.46. The number of likely N-dealkylation sites (tertiary alicyclic amines) is 1. The van der Waals surface area contributed by atoms with Crippen molar-refractivity contribution in [1.82, 2.24) is 9.47 Å². The summed E-state index contributed by atoms with van der Waals surface area (Å²) in [5.74, 6) is 0.544. The highest BCUT2D eigenvalue weighted by Crippen LogP contribution is 2.35. The maximum atomic E-state index is 12.7. The van der Waals surface area contributed by atoms with Crippen LogP contribution in [0.3, 0.4) is 0 Å². The lowest BCUT2D eigenvalue weighted by molar-refractivity contribution is -0.137. The number of hydrogen-bond donors (Lipinski definition) is 1. The molecule has 4 nitrogen and oxygen atoms in total. The highest BCUT2D eigenvalue weighted by atomic mass is 32.1. The van der Waals surface area contributed by atoms with Crippen molar-refractivity contribution < 1.29 is 13.2 Å². The second-order valence-electron chi connectivity index (χ2n) is 7.11. The first kappa shape index (κ1) is 18.0. The summed E-state index contributed by atoms with van der Waals surface area (Å²) in [5, 5.41) is 3.53. The van der Waals surface area contributed by atoms with Crippen LogP contribution in [0.15, 0.2) is 47.3 Å². The molecule has 27 heavy (non-hydrogen) atoms. The molecule has 0 amide bonds. The summed E-state index contributed by atoms with van der Waals surface area (Å²) in [6, 6.07) is 10.2. The molecule has 4 rings (SSSR count). The Morgan fingerprint density at radius 2 is 1.81 bits per heavy atom. The molecule has 0 unspecified atom stereocenters. The van der Waals surface area contributed by atoms with Gasteiger partial charge >= 0.3 is 6.18 Å². The number of thiocarbonyl (C=S) groups is 1. The Hall–Kier alpha value is -2.35. The topological polar surface area (TPSA) is 37.3 Å². The third-order valence-electron chi connectivity index (χ3n) is 5.23. The molecule has 0 saturated carbocycles. The van der Waals surface area contributed by atoms with E-state index in [4.69, 9.17) is 12.2 Å². The second-order valence-corrected chi connectivity index (χ2v) is 7.50. The number of nitrogens with one attached hydrogen (secondary N) is 1. The molecule has 1 saturated heterocycles. The van der Waals surface area contributed by atoms with Gasteiger partial charge in [-0.25, -0.2) is 0 Å². The van der Waals surface area contributed by atoms with E-state index in [1.807, 2.05) is 15.5 Å². The minimum absolute atomic E-state index is 0.0288. The Morgan fingerprint density at radius 3 is 2.52 bits per heavy atom. The molecule has 8 heteroatoms. The van der Waals surface area contributed by atoms with Gasteiger partial charge in [-0.15, -0.1) is 0 Å². The Morgan fingerprint density at radius 1 is 1.07 bits per heavy atom. The van der Waals surface area contributed by atoms with Gasteiger partial charge in [-0.05, 0) is 54.9 Å². The van der Waals surface area contributed by atoms with Crippen LogP contribution in [0.2, 0.25) is 0 Å². The first-order chi connectivity index (χ1) is 12.8. The molecule has 2 aliphatic rings. The van der Waals surface area contributed by atoms with Crippen molar-refractivity contribution in [2.75, 3.05) is 18.4 Å². The van der Waals surface area contributed by atoms with Crippen LogP contribution in [0.25, 0.3) is 0 Å². The molecule has 142 valence electrons. The van der Waals surface area contributed by atoms with Crippen LogP contribution in [0.5, 0.6) is 0 Å². The third kappa shape index (κ3) is 3.58. The minimum Gasteiger partial charge on any atom is -0.348 e. The number of halogens is 3.